The number of hydrogen-bond donors (Lipinski definition) is 0. The van der Waals surface area contributed by atoms with Crippen LogP contribution in [-0.4, -0.2) is 108 Å². The molecule has 0 radical (unpaired) electrons. The SMILES string of the molecule is O=C1CCC(=O)N1CC[N+]12CC[N+](CCN3C(=O)CCC3=O)(CC1)CC2. The van der Waals surface area contributed by atoms with Crippen LogP contribution in [0, 0.1) is 0 Å². The topological polar surface area (TPSA) is 74.8 Å². The van der Waals surface area contributed by atoms with E-state index in [4.69, 9.17) is 0 Å². The van der Waals surface area contributed by atoms with Gasteiger partial charge in [-0.25, -0.2) is 0 Å². The van der Waals surface area contributed by atoms with Crippen molar-refractivity contribution >= 4 is 23.6 Å². The van der Waals surface area contributed by atoms with E-state index in [0.29, 0.717) is 38.8 Å². The summed E-state index contributed by atoms with van der Waals surface area (Å²) in [5.74, 6) is -0.0841. The third kappa shape index (κ3) is 3.05. The molecule has 142 valence electrons. The van der Waals surface area contributed by atoms with Crippen molar-refractivity contribution in [2.75, 3.05) is 65.4 Å². The minimum Gasteiger partial charge on any atom is -0.308 e. The molecule has 2 bridgehead atoms. The van der Waals surface area contributed by atoms with Crippen molar-refractivity contribution in [2.45, 2.75) is 25.7 Å². The van der Waals surface area contributed by atoms with Gasteiger partial charge in [-0.3, -0.25) is 29.0 Å². The van der Waals surface area contributed by atoms with E-state index in [2.05, 4.69) is 0 Å². The maximum absolute atomic E-state index is 11.8. The third-order valence-electron chi connectivity index (χ3n) is 7.05. The van der Waals surface area contributed by atoms with Crippen molar-refractivity contribution in [2.24, 2.45) is 0 Å². The van der Waals surface area contributed by atoms with Crippen molar-refractivity contribution in [3.63, 3.8) is 0 Å². The zero-order valence-electron chi connectivity index (χ0n) is 15.3. The molecule has 5 fully saturated rings. The highest BCUT2D eigenvalue weighted by Gasteiger charge is 2.49. The van der Waals surface area contributed by atoms with Crippen molar-refractivity contribution in [1.82, 2.24) is 9.80 Å². The Kier molecular flexibility index (Phi) is 4.35. The van der Waals surface area contributed by atoms with Crippen molar-refractivity contribution in [3.8, 4) is 0 Å². The van der Waals surface area contributed by atoms with E-state index in [1.165, 1.54) is 9.80 Å². The van der Waals surface area contributed by atoms with Crippen LogP contribution in [0.3, 0.4) is 0 Å². The predicted octanol–water partition coefficient (Wildman–Crippen LogP) is -1.05. The molecule has 5 aliphatic heterocycles. The van der Waals surface area contributed by atoms with Gasteiger partial charge in [0.25, 0.3) is 0 Å². The number of hydrogen-bond acceptors (Lipinski definition) is 4. The number of quaternary nitrogens is 2. The van der Waals surface area contributed by atoms with Gasteiger partial charge in [-0.05, 0) is 0 Å². The molecular weight excluding hydrogens is 336 g/mol. The normalized spacial score (nSPS) is 34.5. The molecule has 0 saturated carbocycles. The van der Waals surface area contributed by atoms with Crippen LogP contribution in [0.25, 0.3) is 0 Å². The highest BCUT2D eigenvalue weighted by molar-refractivity contribution is 6.02. The first kappa shape index (κ1) is 17.6. The lowest BCUT2D eigenvalue weighted by atomic mass is 10.1. The van der Waals surface area contributed by atoms with Crippen LogP contribution >= 0.6 is 0 Å². The Hall–Kier alpha value is -1.80. The van der Waals surface area contributed by atoms with Crippen molar-refractivity contribution < 1.29 is 28.1 Å². The van der Waals surface area contributed by atoms with E-state index in [-0.39, 0.29) is 23.6 Å². The Balaban J connectivity index is 1.30. The van der Waals surface area contributed by atoms with Crippen LogP contribution in [0.1, 0.15) is 25.7 Å². The Morgan fingerprint density at radius 3 is 1.08 bits per heavy atom. The molecule has 8 heteroatoms. The molecule has 0 aliphatic carbocycles. The van der Waals surface area contributed by atoms with E-state index >= 15 is 0 Å². The van der Waals surface area contributed by atoms with Gasteiger partial charge in [0.1, 0.15) is 39.3 Å². The van der Waals surface area contributed by atoms with Crippen LogP contribution in [0.2, 0.25) is 0 Å². The fourth-order valence-electron chi connectivity index (χ4n) is 4.98. The van der Waals surface area contributed by atoms with Crippen LogP contribution in [0.4, 0.5) is 0 Å². The number of imide groups is 2. The minimum absolute atomic E-state index is 0.0210. The zero-order chi connectivity index (χ0) is 18.4. The molecule has 5 heterocycles. The molecule has 5 saturated heterocycles. The third-order valence-corrected chi connectivity index (χ3v) is 7.05. The van der Waals surface area contributed by atoms with Crippen molar-refractivity contribution in [3.05, 3.63) is 0 Å². The second-order valence-electron chi connectivity index (χ2n) is 8.35. The maximum Gasteiger partial charge on any atom is 0.229 e. The van der Waals surface area contributed by atoms with Crippen LogP contribution in [0.5, 0.6) is 0 Å². The minimum atomic E-state index is -0.0210. The largest absolute Gasteiger partial charge is 0.308 e. The molecule has 0 N–H and O–H groups in total. The van der Waals surface area contributed by atoms with Gasteiger partial charge in [-0.2, -0.15) is 0 Å². The van der Waals surface area contributed by atoms with Crippen LogP contribution in [-0.2, 0) is 19.2 Å². The highest BCUT2D eigenvalue weighted by atomic mass is 16.2. The molecule has 0 spiro atoms. The lowest BCUT2D eigenvalue weighted by molar-refractivity contribution is -1.08. The number of carbonyl (C=O) groups excluding carboxylic acids is 4. The number of likely N-dealkylation sites (tertiary alicyclic amines) is 2. The Morgan fingerprint density at radius 2 is 0.808 bits per heavy atom. The standard InChI is InChI=1S/C18H28N4O4/c23-15-1-2-16(24)19(15)5-7-21-9-12-22(13-10-21,14-11-21)8-6-20-17(25)3-4-18(20)26/h1-14H2/q+2. The van der Waals surface area contributed by atoms with E-state index in [1.54, 1.807) is 0 Å². The maximum atomic E-state index is 11.8. The number of carbonyl (C=O) groups is 4. The van der Waals surface area contributed by atoms with E-state index < -0.39 is 0 Å². The number of piperazine rings is 3. The lowest BCUT2D eigenvalue weighted by Crippen LogP contribution is -2.76. The van der Waals surface area contributed by atoms with Crippen molar-refractivity contribution in [1.29, 1.82) is 0 Å². The van der Waals surface area contributed by atoms with Crippen LogP contribution in [0.15, 0.2) is 0 Å². The second kappa shape index (κ2) is 6.42. The Bertz CT molecular complexity index is 549. The monoisotopic (exact) mass is 364 g/mol. The number of amides is 4. The summed E-state index contributed by atoms with van der Waals surface area (Å²) in [6, 6.07) is 0. The zero-order valence-corrected chi connectivity index (χ0v) is 15.3. The first-order chi connectivity index (χ1) is 12.4. The summed E-state index contributed by atoms with van der Waals surface area (Å²) in [5.41, 5.74) is 0. The smallest absolute Gasteiger partial charge is 0.229 e. The number of nitrogens with zero attached hydrogens (tertiary/aromatic N) is 4. The molecule has 0 atom stereocenters. The van der Waals surface area contributed by atoms with Gasteiger partial charge in [0, 0.05) is 25.7 Å². The molecule has 5 aliphatic rings. The summed E-state index contributed by atoms with van der Waals surface area (Å²) in [5, 5.41) is 0. The van der Waals surface area contributed by atoms with E-state index in [0.717, 1.165) is 61.3 Å². The summed E-state index contributed by atoms with van der Waals surface area (Å²) >= 11 is 0. The molecular formula is C18H28N4O4+2. The van der Waals surface area contributed by atoms with Gasteiger partial charge in [0.15, 0.2) is 0 Å². The number of fused-ring (bicyclic) bond motifs is 3. The molecule has 26 heavy (non-hydrogen) atoms. The fourth-order valence-corrected chi connectivity index (χ4v) is 4.98. The predicted molar refractivity (Wildman–Crippen MR) is 91.4 cm³/mol. The summed E-state index contributed by atoms with van der Waals surface area (Å²) < 4.78 is 2.00. The lowest BCUT2D eigenvalue weighted by Gasteiger charge is -2.56. The van der Waals surface area contributed by atoms with Gasteiger partial charge in [0.2, 0.25) is 23.6 Å². The van der Waals surface area contributed by atoms with Gasteiger partial charge in [0.05, 0.1) is 26.2 Å². The number of rotatable bonds is 6. The first-order valence-electron chi connectivity index (χ1n) is 9.79. The molecule has 0 unspecified atom stereocenters. The molecule has 0 aromatic heterocycles. The van der Waals surface area contributed by atoms with Gasteiger partial charge in [-0.15, -0.1) is 0 Å². The molecule has 0 aromatic rings. The summed E-state index contributed by atoms with van der Waals surface area (Å²) in [6.07, 6.45) is 1.47. The van der Waals surface area contributed by atoms with Gasteiger partial charge >= 0.3 is 0 Å². The van der Waals surface area contributed by atoms with Crippen LogP contribution < -0.4 is 0 Å². The average Bonchev–Trinajstić information content (AvgIpc) is 3.15. The fraction of sp³-hybridized carbons (Fsp3) is 0.778. The Morgan fingerprint density at radius 1 is 0.538 bits per heavy atom. The molecule has 4 amide bonds. The first-order valence-corrected chi connectivity index (χ1v) is 9.79. The molecule has 5 rings (SSSR count). The Labute approximate surface area is 153 Å². The average molecular weight is 364 g/mol. The van der Waals surface area contributed by atoms with E-state index in [9.17, 15) is 19.2 Å². The molecule has 8 nitrogen and oxygen atoms in total. The van der Waals surface area contributed by atoms with Gasteiger partial charge in [-0.1, -0.05) is 0 Å². The van der Waals surface area contributed by atoms with Gasteiger partial charge < -0.3 is 8.97 Å². The summed E-state index contributed by atoms with van der Waals surface area (Å²) in [4.78, 5) is 50.1. The molecule has 0 aromatic carbocycles. The van der Waals surface area contributed by atoms with E-state index in [1.807, 2.05) is 0 Å². The highest BCUT2D eigenvalue weighted by Crippen LogP contribution is 2.27. The summed E-state index contributed by atoms with van der Waals surface area (Å²) in [6.45, 7) is 9.15. The second-order valence-corrected chi connectivity index (χ2v) is 8.35. The summed E-state index contributed by atoms with van der Waals surface area (Å²) in [7, 11) is 0. The quantitative estimate of drug-likeness (QED) is 0.445.